The number of carbonyl (C=O) groups excluding carboxylic acids is 1. The van der Waals surface area contributed by atoms with Gasteiger partial charge in [0.2, 0.25) is 5.91 Å². The predicted molar refractivity (Wildman–Crippen MR) is 87.7 cm³/mol. The largest absolute Gasteiger partial charge is 0.481 e. The molecule has 1 aliphatic rings. The van der Waals surface area contributed by atoms with Gasteiger partial charge in [-0.2, -0.15) is 0 Å². The first-order valence-corrected chi connectivity index (χ1v) is 8.51. The second-order valence-electron chi connectivity index (χ2n) is 7.15. The highest BCUT2D eigenvalue weighted by Crippen LogP contribution is 2.32. The summed E-state index contributed by atoms with van der Waals surface area (Å²) in [6.07, 6.45) is 0.640. The lowest BCUT2D eigenvalue weighted by atomic mass is 9.88. The summed E-state index contributed by atoms with van der Waals surface area (Å²) >= 11 is 1.56. The number of thiazole rings is 1. The number of likely N-dealkylation sites (tertiary alicyclic amines) is 1. The number of aliphatic carboxylic acids is 1. The number of nitrogens with zero attached hydrogens (tertiary/aromatic N) is 2. The number of methoxy groups -OCH3 is 1. The molecule has 1 atom stereocenters. The van der Waals surface area contributed by atoms with E-state index < -0.39 is 11.4 Å². The van der Waals surface area contributed by atoms with Crippen molar-refractivity contribution >= 4 is 23.2 Å². The number of ether oxygens (including phenoxy) is 1. The molecule has 1 fully saturated rings. The van der Waals surface area contributed by atoms with E-state index in [2.05, 4.69) is 25.8 Å². The second kappa shape index (κ2) is 6.57. The third-order valence-electron chi connectivity index (χ3n) is 4.11. The molecule has 0 saturated carbocycles. The van der Waals surface area contributed by atoms with Crippen molar-refractivity contribution in [3.8, 4) is 0 Å². The molecule has 0 aromatic carbocycles. The van der Waals surface area contributed by atoms with Crippen LogP contribution < -0.4 is 0 Å². The van der Waals surface area contributed by atoms with Gasteiger partial charge in [-0.15, -0.1) is 11.3 Å². The fraction of sp³-hybridized carbons (Fsp3) is 0.688. The standard InChI is InChI=1S/C16H24N2O4S/c1-15(2,3)13-17-11(8-23-13)7-12(19)18-6-5-16(9-18,10-22-4)14(20)21/h8H,5-7,9-10H2,1-4H3,(H,20,21). The van der Waals surface area contributed by atoms with Crippen molar-refractivity contribution in [2.75, 3.05) is 26.8 Å². The summed E-state index contributed by atoms with van der Waals surface area (Å²) in [4.78, 5) is 30.1. The smallest absolute Gasteiger partial charge is 0.313 e. The van der Waals surface area contributed by atoms with Crippen molar-refractivity contribution in [1.29, 1.82) is 0 Å². The Balaban J connectivity index is 2.02. The van der Waals surface area contributed by atoms with Crippen molar-refractivity contribution in [3.05, 3.63) is 16.1 Å². The zero-order valence-corrected chi connectivity index (χ0v) is 14.9. The highest BCUT2D eigenvalue weighted by molar-refractivity contribution is 7.09. The van der Waals surface area contributed by atoms with Crippen LogP contribution in [0.3, 0.4) is 0 Å². The Bertz CT molecular complexity index is 593. The molecule has 1 aliphatic heterocycles. The molecule has 1 unspecified atom stereocenters. The van der Waals surface area contributed by atoms with Crippen LogP contribution >= 0.6 is 11.3 Å². The molecule has 128 valence electrons. The molecule has 1 N–H and O–H groups in total. The lowest BCUT2D eigenvalue weighted by Gasteiger charge is -2.23. The van der Waals surface area contributed by atoms with Gasteiger partial charge in [0.1, 0.15) is 5.41 Å². The first-order valence-electron chi connectivity index (χ1n) is 7.63. The maximum atomic E-state index is 12.4. The molecule has 6 nitrogen and oxygen atoms in total. The van der Waals surface area contributed by atoms with Gasteiger partial charge in [-0.25, -0.2) is 4.98 Å². The minimum Gasteiger partial charge on any atom is -0.481 e. The van der Waals surface area contributed by atoms with Gasteiger partial charge in [0, 0.05) is 31.0 Å². The van der Waals surface area contributed by atoms with Crippen LogP contribution in [-0.2, 0) is 26.2 Å². The molecule has 0 aliphatic carbocycles. The number of aromatic nitrogens is 1. The van der Waals surface area contributed by atoms with E-state index in [0.717, 1.165) is 10.7 Å². The molecule has 2 heterocycles. The van der Waals surface area contributed by atoms with E-state index in [1.54, 1.807) is 16.2 Å². The fourth-order valence-corrected chi connectivity index (χ4v) is 3.62. The van der Waals surface area contributed by atoms with Gasteiger partial charge in [-0.3, -0.25) is 9.59 Å². The average molecular weight is 340 g/mol. The number of carboxylic acid groups (broad SMARTS) is 1. The van der Waals surface area contributed by atoms with Crippen LogP contribution in [0.5, 0.6) is 0 Å². The van der Waals surface area contributed by atoms with E-state index in [4.69, 9.17) is 4.74 Å². The third-order valence-corrected chi connectivity index (χ3v) is 5.42. The molecule has 1 aromatic rings. The monoisotopic (exact) mass is 340 g/mol. The van der Waals surface area contributed by atoms with Gasteiger partial charge in [-0.05, 0) is 6.42 Å². The summed E-state index contributed by atoms with van der Waals surface area (Å²) in [5.74, 6) is -0.978. The first-order chi connectivity index (χ1) is 10.7. The molecule has 1 saturated heterocycles. The van der Waals surface area contributed by atoms with E-state index >= 15 is 0 Å². The Hall–Kier alpha value is -1.47. The second-order valence-corrected chi connectivity index (χ2v) is 8.01. The topological polar surface area (TPSA) is 79.7 Å². The van der Waals surface area contributed by atoms with Gasteiger partial charge in [0.25, 0.3) is 0 Å². The van der Waals surface area contributed by atoms with E-state index in [-0.39, 0.29) is 30.9 Å². The Morgan fingerprint density at radius 2 is 2.17 bits per heavy atom. The van der Waals surface area contributed by atoms with Crippen LogP contribution in [0.25, 0.3) is 0 Å². The van der Waals surface area contributed by atoms with Gasteiger partial charge in [0.05, 0.1) is 23.7 Å². The number of carbonyl (C=O) groups is 2. The minimum absolute atomic E-state index is 0.0312. The maximum Gasteiger partial charge on any atom is 0.313 e. The van der Waals surface area contributed by atoms with Crippen LogP contribution in [0.2, 0.25) is 0 Å². The number of rotatable bonds is 5. The van der Waals surface area contributed by atoms with Crippen LogP contribution in [0, 0.1) is 5.41 Å². The molecule has 2 rings (SSSR count). The molecule has 1 amide bonds. The van der Waals surface area contributed by atoms with Gasteiger partial charge >= 0.3 is 5.97 Å². The number of amides is 1. The van der Waals surface area contributed by atoms with Crippen LogP contribution in [0.1, 0.15) is 37.9 Å². The highest BCUT2D eigenvalue weighted by atomic mass is 32.1. The lowest BCUT2D eigenvalue weighted by Crippen LogP contribution is -2.40. The Kier molecular flexibility index (Phi) is 5.10. The van der Waals surface area contributed by atoms with E-state index in [1.165, 1.54) is 7.11 Å². The SMILES string of the molecule is COCC1(C(=O)O)CCN(C(=O)Cc2csc(C(C)(C)C)n2)C1. The van der Waals surface area contributed by atoms with Crippen molar-refractivity contribution in [3.63, 3.8) is 0 Å². The molecule has 1 aromatic heterocycles. The highest BCUT2D eigenvalue weighted by Gasteiger charge is 2.46. The van der Waals surface area contributed by atoms with Crippen LogP contribution in [0.15, 0.2) is 5.38 Å². The Labute approximate surface area is 140 Å². The van der Waals surface area contributed by atoms with Crippen molar-refractivity contribution < 1.29 is 19.4 Å². The van der Waals surface area contributed by atoms with E-state index in [1.807, 2.05) is 5.38 Å². The summed E-state index contributed by atoms with van der Waals surface area (Å²) < 4.78 is 5.05. The quantitative estimate of drug-likeness (QED) is 0.886. The van der Waals surface area contributed by atoms with Crippen molar-refractivity contribution in [2.45, 2.75) is 39.0 Å². The lowest BCUT2D eigenvalue weighted by molar-refractivity contribution is -0.151. The van der Waals surface area contributed by atoms with E-state index in [9.17, 15) is 14.7 Å². The number of hydrogen-bond donors (Lipinski definition) is 1. The molecule has 0 radical (unpaired) electrons. The van der Waals surface area contributed by atoms with Crippen LogP contribution in [-0.4, -0.2) is 53.7 Å². The summed E-state index contributed by atoms with van der Waals surface area (Å²) in [6.45, 7) is 7.03. The normalized spacial score (nSPS) is 21.7. The molecular weight excluding hydrogens is 316 g/mol. The van der Waals surface area contributed by atoms with E-state index in [0.29, 0.717) is 13.0 Å². The minimum atomic E-state index is -0.983. The molecule has 0 bridgehead atoms. The number of hydrogen-bond acceptors (Lipinski definition) is 5. The van der Waals surface area contributed by atoms with Gasteiger partial charge in [-0.1, -0.05) is 20.8 Å². The number of carboxylic acids is 1. The third kappa shape index (κ3) is 3.90. The zero-order chi connectivity index (χ0) is 17.3. The predicted octanol–water partition coefficient (Wildman–Crippen LogP) is 1.93. The Morgan fingerprint density at radius 1 is 1.48 bits per heavy atom. The molecule has 23 heavy (non-hydrogen) atoms. The molecular formula is C16H24N2O4S. The molecule has 0 spiro atoms. The van der Waals surface area contributed by atoms with Crippen molar-refractivity contribution in [2.24, 2.45) is 5.41 Å². The fourth-order valence-electron chi connectivity index (χ4n) is 2.72. The molecule has 7 heteroatoms. The Morgan fingerprint density at radius 3 is 2.70 bits per heavy atom. The summed E-state index contributed by atoms with van der Waals surface area (Å²) in [5, 5.41) is 12.4. The van der Waals surface area contributed by atoms with Gasteiger partial charge < -0.3 is 14.7 Å². The summed E-state index contributed by atoms with van der Waals surface area (Å²) in [6, 6.07) is 0. The summed E-state index contributed by atoms with van der Waals surface area (Å²) in [7, 11) is 1.48. The van der Waals surface area contributed by atoms with Gasteiger partial charge in [0.15, 0.2) is 0 Å². The summed E-state index contributed by atoms with van der Waals surface area (Å²) in [5.41, 5.74) is -0.260. The maximum absolute atomic E-state index is 12.4. The van der Waals surface area contributed by atoms with Crippen molar-refractivity contribution in [1.82, 2.24) is 9.88 Å². The average Bonchev–Trinajstić information content (AvgIpc) is 3.06. The first kappa shape index (κ1) is 17.9. The zero-order valence-electron chi connectivity index (χ0n) is 14.1. The van der Waals surface area contributed by atoms with Crippen LogP contribution in [0.4, 0.5) is 0 Å².